The third-order valence-electron chi connectivity index (χ3n) is 2.64. The van der Waals surface area contributed by atoms with Crippen LogP contribution in [0, 0.1) is 0 Å². The number of H-pyrrole nitrogens is 1. The molecule has 0 saturated carbocycles. The minimum Gasteiger partial charge on any atom is -0.507 e. The quantitative estimate of drug-likeness (QED) is 0.722. The van der Waals surface area contributed by atoms with E-state index >= 15 is 0 Å². The molecular formula is C13H10N2OS. The minimum absolute atomic E-state index is 0.258. The van der Waals surface area contributed by atoms with E-state index in [1.807, 2.05) is 23.6 Å². The van der Waals surface area contributed by atoms with Crippen LogP contribution in [-0.2, 0) is 0 Å². The van der Waals surface area contributed by atoms with Gasteiger partial charge >= 0.3 is 0 Å². The van der Waals surface area contributed by atoms with Gasteiger partial charge in [-0.15, -0.1) is 0 Å². The third-order valence-corrected chi connectivity index (χ3v) is 3.33. The summed E-state index contributed by atoms with van der Waals surface area (Å²) in [4.78, 5) is 0. The predicted molar refractivity (Wildman–Crippen MR) is 69.0 cm³/mol. The van der Waals surface area contributed by atoms with Crippen molar-refractivity contribution in [2.45, 2.75) is 0 Å². The predicted octanol–water partition coefficient (Wildman–Crippen LogP) is 3.51. The first-order valence-corrected chi connectivity index (χ1v) is 6.15. The van der Waals surface area contributed by atoms with E-state index in [1.165, 1.54) is 0 Å². The summed E-state index contributed by atoms with van der Waals surface area (Å²) in [6.45, 7) is 0. The highest BCUT2D eigenvalue weighted by Crippen LogP contribution is 2.35. The van der Waals surface area contributed by atoms with Crippen molar-refractivity contribution in [3.63, 3.8) is 0 Å². The molecule has 3 aromatic rings. The van der Waals surface area contributed by atoms with E-state index in [2.05, 4.69) is 15.6 Å². The Labute approximate surface area is 102 Å². The maximum Gasteiger partial charge on any atom is 0.124 e. The van der Waals surface area contributed by atoms with Crippen LogP contribution in [-0.4, -0.2) is 15.3 Å². The summed E-state index contributed by atoms with van der Waals surface area (Å²) in [5, 5.41) is 21.0. The molecular weight excluding hydrogens is 232 g/mol. The lowest BCUT2D eigenvalue weighted by Gasteiger charge is -2.03. The van der Waals surface area contributed by atoms with Crippen molar-refractivity contribution in [1.82, 2.24) is 10.2 Å². The largest absolute Gasteiger partial charge is 0.507 e. The second-order valence-electron chi connectivity index (χ2n) is 3.69. The van der Waals surface area contributed by atoms with Crippen LogP contribution in [0.25, 0.3) is 22.4 Å². The normalized spacial score (nSPS) is 10.6. The van der Waals surface area contributed by atoms with Gasteiger partial charge in [0.15, 0.2) is 0 Å². The molecule has 84 valence electrons. The molecule has 3 rings (SSSR count). The summed E-state index contributed by atoms with van der Waals surface area (Å²) in [6, 6.07) is 9.29. The zero-order chi connectivity index (χ0) is 11.7. The van der Waals surface area contributed by atoms with Crippen LogP contribution in [0.4, 0.5) is 0 Å². The highest BCUT2D eigenvalue weighted by molar-refractivity contribution is 7.08. The Bertz CT molecular complexity index is 628. The maximum atomic E-state index is 9.86. The number of nitrogens with zero attached hydrogens (tertiary/aromatic N) is 1. The Kier molecular flexibility index (Phi) is 2.42. The van der Waals surface area contributed by atoms with Crippen LogP contribution >= 0.6 is 11.3 Å². The molecule has 0 atom stereocenters. The van der Waals surface area contributed by atoms with Crippen molar-refractivity contribution in [3.05, 3.63) is 47.3 Å². The Hall–Kier alpha value is -2.07. The zero-order valence-electron chi connectivity index (χ0n) is 8.92. The van der Waals surface area contributed by atoms with E-state index in [9.17, 15) is 5.11 Å². The molecule has 2 heterocycles. The van der Waals surface area contributed by atoms with Gasteiger partial charge in [-0.2, -0.15) is 16.4 Å². The van der Waals surface area contributed by atoms with Crippen LogP contribution in [0.15, 0.2) is 47.3 Å². The second kappa shape index (κ2) is 4.07. The van der Waals surface area contributed by atoms with Crippen molar-refractivity contribution < 1.29 is 5.11 Å². The van der Waals surface area contributed by atoms with Gasteiger partial charge in [0.2, 0.25) is 0 Å². The molecule has 2 aromatic heterocycles. The van der Waals surface area contributed by atoms with E-state index in [0.717, 1.165) is 22.4 Å². The number of hydrogen-bond acceptors (Lipinski definition) is 3. The molecule has 4 heteroatoms. The number of nitrogens with one attached hydrogen (secondary N) is 1. The smallest absolute Gasteiger partial charge is 0.124 e. The molecule has 0 fully saturated rings. The van der Waals surface area contributed by atoms with E-state index in [4.69, 9.17) is 0 Å². The SMILES string of the molecule is Oc1ccccc1-c1[nH]ncc1-c1ccsc1. The Balaban J connectivity index is 2.17. The van der Waals surface area contributed by atoms with Crippen LogP contribution in [0.2, 0.25) is 0 Å². The van der Waals surface area contributed by atoms with Crippen molar-refractivity contribution in [2.24, 2.45) is 0 Å². The van der Waals surface area contributed by atoms with Gasteiger partial charge in [0, 0.05) is 11.1 Å². The van der Waals surface area contributed by atoms with Gasteiger partial charge in [0.1, 0.15) is 5.75 Å². The van der Waals surface area contributed by atoms with Crippen molar-refractivity contribution in [2.75, 3.05) is 0 Å². The zero-order valence-corrected chi connectivity index (χ0v) is 9.74. The molecule has 0 amide bonds. The van der Waals surface area contributed by atoms with Crippen LogP contribution in [0.5, 0.6) is 5.75 Å². The molecule has 0 saturated heterocycles. The molecule has 0 bridgehead atoms. The van der Waals surface area contributed by atoms with Gasteiger partial charge < -0.3 is 5.11 Å². The molecule has 0 aliphatic carbocycles. The van der Waals surface area contributed by atoms with E-state index in [-0.39, 0.29) is 5.75 Å². The molecule has 0 spiro atoms. The number of benzene rings is 1. The minimum atomic E-state index is 0.258. The van der Waals surface area contributed by atoms with E-state index in [0.29, 0.717) is 0 Å². The standard InChI is InChI=1S/C13H10N2OS/c16-12-4-2-1-3-10(12)13-11(7-14-15-13)9-5-6-17-8-9/h1-8,16H,(H,14,15). The highest BCUT2D eigenvalue weighted by Gasteiger charge is 2.12. The summed E-state index contributed by atoms with van der Waals surface area (Å²) >= 11 is 1.64. The van der Waals surface area contributed by atoms with Crippen LogP contribution in [0.1, 0.15) is 0 Å². The lowest BCUT2D eigenvalue weighted by atomic mass is 10.0. The Morgan fingerprint density at radius 3 is 2.76 bits per heavy atom. The Morgan fingerprint density at radius 1 is 1.12 bits per heavy atom. The second-order valence-corrected chi connectivity index (χ2v) is 4.47. The highest BCUT2D eigenvalue weighted by atomic mass is 32.1. The summed E-state index contributed by atoms with van der Waals surface area (Å²) < 4.78 is 0. The number of aromatic nitrogens is 2. The number of aromatic hydroxyl groups is 1. The molecule has 3 nitrogen and oxygen atoms in total. The van der Waals surface area contributed by atoms with Crippen LogP contribution < -0.4 is 0 Å². The van der Waals surface area contributed by atoms with Crippen LogP contribution in [0.3, 0.4) is 0 Å². The van der Waals surface area contributed by atoms with Gasteiger partial charge in [0.05, 0.1) is 11.9 Å². The molecule has 0 unspecified atom stereocenters. The summed E-state index contributed by atoms with van der Waals surface area (Å²) in [5.74, 6) is 0.258. The maximum absolute atomic E-state index is 9.86. The Morgan fingerprint density at radius 2 is 2.00 bits per heavy atom. The van der Waals surface area contributed by atoms with Gasteiger partial charge in [-0.3, -0.25) is 5.10 Å². The molecule has 1 aromatic carbocycles. The molecule has 0 radical (unpaired) electrons. The summed E-state index contributed by atoms with van der Waals surface area (Å²) in [6.07, 6.45) is 1.78. The average molecular weight is 242 g/mol. The van der Waals surface area contributed by atoms with Crippen molar-refractivity contribution in [3.8, 4) is 28.1 Å². The molecule has 17 heavy (non-hydrogen) atoms. The fourth-order valence-electron chi connectivity index (χ4n) is 1.81. The fourth-order valence-corrected chi connectivity index (χ4v) is 2.47. The number of hydrogen-bond donors (Lipinski definition) is 2. The first-order valence-electron chi connectivity index (χ1n) is 5.20. The number of aromatic amines is 1. The van der Waals surface area contributed by atoms with E-state index in [1.54, 1.807) is 29.7 Å². The summed E-state index contributed by atoms with van der Waals surface area (Å²) in [7, 11) is 0. The number of phenolic OH excluding ortho intramolecular Hbond substituents is 1. The number of thiophene rings is 1. The van der Waals surface area contributed by atoms with Gasteiger partial charge in [-0.05, 0) is 34.5 Å². The average Bonchev–Trinajstić information content (AvgIpc) is 3.00. The number of para-hydroxylation sites is 1. The monoisotopic (exact) mass is 242 g/mol. The first kappa shape index (κ1) is 10.1. The third kappa shape index (κ3) is 1.72. The van der Waals surface area contributed by atoms with Crippen molar-refractivity contribution in [1.29, 1.82) is 0 Å². The fraction of sp³-hybridized carbons (Fsp3) is 0. The lowest BCUT2D eigenvalue weighted by Crippen LogP contribution is -1.82. The van der Waals surface area contributed by atoms with Gasteiger partial charge in [-0.25, -0.2) is 0 Å². The van der Waals surface area contributed by atoms with Gasteiger partial charge in [-0.1, -0.05) is 12.1 Å². The first-order chi connectivity index (χ1) is 8.36. The lowest BCUT2D eigenvalue weighted by molar-refractivity contribution is 0.477. The van der Waals surface area contributed by atoms with Crippen molar-refractivity contribution >= 4 is 11.3 Å². The molecule has 0 aliphatic rings. The topological polar surface area (TPSA) is 48.9 Å². The summed E-state index contributed by atoms with van der Waals surface area (Å²) in [5.41, 5.74) is 3.74. The molecule has 2 N–H and O–H groups in total. The molecule has 0 aliphatic heterocycles. The van der Waals surface area contributed by atoms with Gasteiger partial charge in [0.25, 0.3) is 0 Å². The number of phenols is 1. The number of rotatable bonds is 2. The van der Waals surface area contributed by atoms with E-state index < -0.39 is 0 Å².